The van der Waals surface area contributed by atoms with E-state index in [1.165, 1.54) is 49.7 Å². The van der Waals surface area contributed by atoms with Crippen molar-refractivity contribution in [3.05, 3.63) is 47.0 Å². The highest BCUT2D eigenvalue weighted by atomic mass is 32.1. The lowest BCUT2D eigenvalue weighted by molar-refractivity contribution is 0.916. The molecule has 0 aliphatic heterocycles. The summed E-state index contributed by atoms with van der Waals surface area (Å²) in [5.41, 5.74) is 4.33. The number of rotatable bonds is 2. The van der Waals surface area contributed by atoms with Gasteiger partial charge in [0, 0.05) is 20.2 Å². The van der Waals surface area contributed by atoms with Gasteiger partial charge in [0.1, 0.15) is 0 Å². The van der Waals surface area contributed by atoms with Gasteiger partial charge in [-0.15, -0.1) is 11.3 Å². The third-order valence-corrected chi connectivity index (χ3v) is 4.98. The number of fused-ring (bicyclic) bond motifs is 3. The Morgan fingerprint density at radius 2 is 1.83 bits per heavy atom. The summed E-state index contributed by atoms with van der Waals surface area (Å²) in [6, 6.07) is 11.4. The largest absolute Gasteiger partial charge is 0.135 e. The van der Waals surface area contributed by atoms with Crippen molar-refractivity contribution in [3.63, 3.8) is 0 Å². The highest BCUT2D eigenvalue weighted by Gasteiger charge is 2.09. The van der Waals surface area contributed by atoms with Gasteiger partial charge in [-0.2, -0.15) is 0 Å². The van der Waals surface area contributed by atoms with Crippen LogP contribution < -0.4 is 0 Å². The predicted molar refractivity (Wildman–Crippen MR) is 82.8 cm³/mol. The molecule has 18 heavy (non-hydrogen) atoms. The normalized spacial score (nSPS) is 11.5. The Morgan fingerprint density at radius 3 is 2.61 bits per heavy atom. The molecule has 0 amide bonds. The number of thiophene rings is 1. The van der Waals surface area contributed by atoms with E-state index in [0.717, 1.165) is 0 Å². The van der Waals surface area contributed by atoms with E-state index in [2.05, 4.69) is 51.1 Å². The number of hydrogen-bond acceptors (Lipinski definition) is 1. The molecule has 0 aliphatic rings. The Kier molecular flexibility index (Phi) is 2.87. The van der Waals surface area contributed by atoms with Crippen LogP contribution in [0.25, 0.3) is 20.2 Å². The Hall–Kier alpha value is -1.34. The van der Waals surface area contributed by atoms with E-state index in [4.69, 9.17) is 0 Å². The Balaban J connectivity index is 2.36. The molecule has 3 rings (SSSR count). The highest BCUT2D eigenvalue weighted by molar-refractivity contribution is 7.26. The molecule has 0 nitrogen and oxygen atoms in total. The quantitative estimate of drug-likeness (QED) is 0.556. The fourth-order valence-electron chi connectivity index (χ4n) is 2.67. The molecule has 3 aromatic rings. The van der Waals surface area contributed by atoms with Crippen molar-refractivity contribution >= 4 is 31.5 Å². The maximum absolute atomic E-state index is 2.32. The second-order valence-electron chi connectivity index (χ2n) is 5.08. The van der Waals surface area contributed by atoms with Crippen molar-refractivity contribution in [2.24, 2.45) is 0 Å². The minimum Gasteiger partial charge on any atom is -0.135 e. The van der Waals surface area contributed by atoms with Gasteiger partial charge in [0.05, 0.1) is 0 Å². The van der Waals surface area contributed by atoms with Crippen LogP contribution in [-0.2, 0) is 6.42 Å². The molecule has 2 aromatic carbocycles. The maximum Gasteiger partial charge on any atom is 0.0387 e. The van der Waals surface area contributed by atoms with Gasteiger partial charge < -0.3 is 0 Å². The van der Waals surface area contributed by atoms with Gasteiger partial charge in [-0.05, 0) is 43.5 Å². The molecule has 1 heterocycles. The van der Waals surface area contributed by atoms with Gasteiger partial charge in [0.15, 0.2) is 0 Å². The van der Waals surface area contributed by atoms with Crippen LogP contribution in [0.1, 0.15) is 30.0 Å². The number of aryl methyl sites for hydroxylation is 3. The first-order chi connectivity index (χ1) is 8.70. The molecular weight excluding hydrogens is 236 g/mol. The smallest absolute Gasteiger partial charge is 0.0387 e. The second-order valence-corrected chi connectivity index (χ2v) is 6.13. The third-order valence-electron chi connectivity index (χ3n) is 3.67. The molecule has 0 spiro atoms. The predicted octanol–water partition coefficient (Wildman–Crippen LogP) is 5.62. The summed E-state index contributed by atoms with van der Waals surface area (Å²) >= 11 is 1.94. The van der Waals surface area contributed by atoms with Gasteiger partial charge >= 0.3 is 0 Å². The Morgan fingerprint density at radius 1 is 1.00 bits per heavy atom. The van der Waals surface area contributed by atoms with Gasteiger partial charge in [0.25, 0.3) is 0 Å². The Labute approximate surface area is 112 Å². The minimum atomic E-state index is 1.19. The summed E-state index contributed by atoms with van der Waals surface area (Å²) in [6.45, 7) is 6.69. The molecule has 0 atom stereocenters. The molecule has 0 saturated heterocycles. The SMILES string of the molecule is CCCc1ccc2c(sc3ccc(C)cc32)c1C. The highest BCUT2D eigenvalue weighted by Crippen LogP contribution is 2.37. The molecule has 0 bridgehead atoms. The van der Waals surface area contributed by atoms with E-state index in [-0.39, 0.29) is 0 Å². The van der Waals surface area contributed by atoms with Gasteiger partial charge in [0.2, 0.25) is 0 Å². The first-order valence-corrected chi connectivity index (χ1v) is 7.43. The zero-order chi connectivity index (χ0) is 12.7. The fraction of sp³-hybridized carbons (Fsp3) is 0.294. The molecule has 0 unspecified atom stereocenters. The lowest BCUT2D eigenvalue weighted by atomic mass is 10.0. The molecule has 1 heteroatoms. The van der Waals surface area contributed by atoms with Crippen LogP contribution in [0.5, 0.6) is 0 Å². The van der Waals surface area contributed by atoms with Crippen LogP contribution in [0.3, 0.4) is 0 Å². The monoisotopic (exact) mass is 254 g/mol. The molecule has 0 radical (unpaired) electrons. The van der Waals surface area contributed by atoms with Crippen molar-refractivity contribution < 1.29 is 0 Å². The van der Waals surface area contributed by atoms with E-state index in [9.17, 15) is 0 Å². The van der Waals surface area contributed by atoms with Crippen molar-refractivity contribution in [1.29, 1.82) is 0 Å². The summed E-state index contributed by atoms with van der Waals surface area (Å²) in [6.07, 6.45) is 2.41. The molecule has 0 saturated carbocycles. The van der Waals surface area contributed by atoms with Crippen molar-refractivity contribution in [2.75, 3.05) is 0 Å². The Bertz CT molecular complexity index is 719. The molecular formula is C17H18S. The third kappa shape index (κ3) is 1.74. The van der Waals surface area contributed by atoms with Gasteiger partial charge in [-0.3, -0.25) is 0 Å². The molecule has 0 aliphatic carbocycles. The van der Waals surface area contributed by atoms with E-state index in [1.807, 2.05) is 11.3 Å². The summed E-state index contributed by atoms with van der Waals surface area (Å²) in [5.74, 6) is 0. The van der Waals surface area contributed by atoms with Crippen LogP contribution in [0.15, 0.2) is 30.3 Å². The van der Waals surface area contributed by atoms with Crippen LogP contribution in [0, 0.1) is 13.8 Å². The average molecular weight is 254 g/mol. The summed E-state index contributed by atoms with van der Waals surface area (Å²) < 4.78 is 2.88. The topological polar surface area (TPSA) is 0 Å². The molecule has 1 aromatic heterocycles. The van der Waals surface area contributed by atoms with Crippen molar-refractivity contribution in [1.82, 2.24) is 0 Å². The zero-order valence-electron chi connectivity index (χ0n) is 11.2. The van der Waals surface area contributed by atoms with Crippen LogP contribution in [-0.4, -0.2) is 0 Å². The van der Waals surface area contributed by atoms with Crippen molar-refractivity contribution in [3.8, 4) is 0 Å². The number of hydrogen-bond donors (Lipinski definition) is 0. The van der Waals surface area contributed by atoms with E-state index in [0.29, 0.717) is 0 Å². The van der Waals surface area contributed by atoms with Crippen LogP contribution in [0.4, 0.5) is 0 Å². The maximum atomic E-state index is 2.32. The van der Waals surface area contributed by atoms with Gasteiger partial charge in [-0.25, -0.2) is 0 Å². The van der Waals surface area contributed by atoms with Crippen LogP contribution in [0.2, 0.25) is 0 Å². The van der Waals surface area contributed by atoms with E-state index in [1.54, 1.807) is 0 Å². The summed E-state index contributed by atoms with van der Waals surface area (Å²) in [4.78, 5) is 0. The lowest BCUT2D eigenvalue weighted by Gasteiger charge is -2.05. The van der Waals surface area contributed by atoms with E-state index < -0.39 is 0 Å². The number of benzene rings is 2. The molecule has 0 fully saturated rings. The van der Waals surface area contributed by atoms with Crippen molar-refractivity contribution in [2.45, 2.75) is 33.6 Å². The zero-order valence-corrected chi connectivity index (χ0v) is 12.0. The summed E-state index contributed by atoms with van der Waals surface area (Å²) in [7, 11) is 0. The lowest BCUT2D eigenvalue weighted by Crippen LogP contribution is -1.87. The molecule has 92 valence electrons. The average Bonchev–Trinajstić information content (AvgIpc) is 2.72. The standard InChI is InChI=1S/C17H18S/c1-4-5-13-7-8-14-15-10-11(2)6-9-16(15)18-17(14)12(13)3/h6-10H,4-5H2,1-3H3. The fourth-order valence-corrected chi connectivity index (χ4v) is 3.88. The summed E-state index contributed by atoms with van der Waals surface area (Å²) in [5, 5.41) is 2.84. The van der Waals surface area contributed by atoms with Crippen LogP contribution >= 0.6 is 11.3 Å². The first kappa shape index (κ1) is 11.7. The second kappa shape index (κ2) is 4.40. The first-order valence-electron chi connectivity index (χ1n) is 6.62. The van der Waals surface area contributed by atoms with Gasteiger partial charge in [-0.1, -0.05) is 37.1 Å². The van der Waals surface area contributed by atoms with E-state index >= 15 is 0 Å². The minimum absolute atomic E-state index is 1.19. The molecule has 0 N–H and O–H groups in total.